The zero-order chi connectivity index (χ0) is 15.9. The lowest BCUT2D eigenvalue weighted by molar-refractivity contribution is 0.730. The van der Waals surface area contributed by atoms with Crippen LogP contribution in [0.1, 0.15) is 29.7 Å². The number of rotatable bonds is 5. The molecule has 3 aromatic carbocycles. The second kappa shape index (κ2) is 7.46. The van der Waals surface area contributed by atoms with Crippen LogP contribution in [0.4, 0.5) is 0 Å². The molecule has 114 valence electrons. The maximum absolute atomic E-state index is 3.59. The van der Waals surface area contributed by atoms with Gasteiger partial charge in [0.25, 0.3) is 0 Å². The van der Waals surface area contributed by atoms with Crippen LogP contribution in [0.5, 0.6) is 0 Å². The zero-order valence-corrected chi connectivity index (χ0v) is 13.3. The summed E-state index contributed by atoms with van der Waals surface area (Å²) in [7, 11) is 0. The van der Waals surface area contributed by atoms with Gasteiger partial charge in [0.1, 0.15) is 0 Å². The van der Waals surface area contributed by atoms with Crippen molar-refractivity contribution in [2.24, 2.45) is 0 Å². The van der Waals surface area contributed by atoms with E-state index >= 15 is 0 Å². The minimum Gasteiger partial charge on any atom is -0.380 e. The van der Waals surface area contributed by atoms with Crippen LogP contribution in [-0.4, -0.2) is 0 Å². The van der Waals surface area contributed by atoms with Gasteiger partial charge < -0.3 is 5.32 Å². The molecule has 1 nitrogen and oxygen atoms in total. The summed E-state index contributed by atoms with van der Waals surface area (Å²) in [5, 5.41) is 3.59. The molecule has 0 saturated heterocycles. The lowest BCUT2D eigenvalue weighted by Gasteiger charge is -2.19. The van der Waals surface area contributed by atoms with Crippen LogP contribution >= 0.6 is 0 Å². The molecule has 0 saturated carbocycles. The van der Waals surface area contributed by atoms with Crippen molar-refractivity contribution in [1.29, 1.82) is 0 Å². The highest BCUT2D eigenvalue weighted by molar-refractivity contribution is 5.63. The molecular formula is C22H21N. The number of hydrogen-bond donors (Lipinski definition) is 1. The van der Waals surface area contributed by atoms with E-state index < -0.39 is 0 Å². The van der Waals surface area contributed by atoms with Gasteiger partial charge in [-0.25, -0.2) is 0 Å². The zero-order valence-electron chi connectivity index (χ0n) is 13.3. The quantitative estimate of drug-likeness (QED) is 0.662. The van der Waals surface area contributed by atoms with Crippen LogP contribution in [0, 0.1) is 0 Å². The van der Waals surface area contributed by atoms with Gasteiger partial charge in [-0.3, -0.25) is 0 Å². The Labute approximate surface area is 138 Å². The molecule has 0 aliphatic carbocycles. The van der Waals surface area contributed by atoms with Gasteiger partial charge in [0.2, 0.25) is 0 Å². The highest BCUT2D eigenvalue weighted by Gasteiger charge is 2.11. The molecule has 0 spiro atoms. The summed E-state index contributed by atoms with van der Waals surface area (Å²) in [4.78, 5) is 0. The molecule has 1 heteroatoms. The molecule has 0 heterocycles. The molecule has 1 N–H and O–H groups in total. The standard InChI is InChI=1S/C22H21N/c1-18(19-11-5-2-6-12-19)17-23-22(20-13-7-3-8-14-20)21-15-9-4-10-16-21/h2-17,22-23H,1H3/b18-17+. The molecule has 23 heavy (non-hydrogen) atoms. The fraction of sp³-hybridized carbons (Fsp3) is 0.0909. The molecule has 0 bridgehead atoms. The fourth-order valence-corrected chi connectivity index (χ4v) is 2.67. The molecule has 0 fully saturated rings. The van der Waals surface area contributed by atoms with Gasteiger partial charge >= 0.3 is 0 Å². The SMILES string of the molecule is C/C(=C\NC(c1ccccc1)c1ccccc1)c1ccccc1. The van der Waals surface area contributed by atoms with Gasteiger partial charge in [-0.2, -0.15) is 0 Å². The predicted molar refractivity (Wildman–Crippen MR) is 98.0 cm³/mol. The van der Waals surface area contributed by atoms with E-state index in [4.69, 9.17) is 0 Å². The summed E-state index contributed by atoms with van der Waals surface area (Å²) in [5.41, 5.74) is 4.98. The molecule has 3 rings (SSSR count). The molecule has 0 unspecified atom stereocenters. The van der Waals surface area contributed by atoms with Crippen molar-refractivity contribution in [2.45, 2.75) is 13.0 Å². The van der Waals surface area contributed by atoms with Crippen molar-refractivity contribution in [3.8, 4) is 0 Å². The van der Waals surface area contributed by atoms with Crippen LogP contribution in [0.25, 0.3) is 5.57 Å². The van der Waals surface area contributed by atoms with E-state index in [0.29, 0.717) is 0 Å². The monoisotopic (exact) mass is 299 g/mol. The van der Waals surface area contributed by atoms with Crippen molar-refractivity contribution in [3.05, 3.63) is 114 Å². The third kappa shape index (κ3) is 3.89. The largest absolute Gasteiger partial charge is 0.380 e. The first-order chi connectivity index (χ1) is 11.3. The Morgan fingerprint density at radius 3 is 1.61 bits per heavy atom. The van der Waals surface area contributed by atoms with E-state index in [1.54, 1.807) is 0 Å². The van der Waals surface area contributed by atoms with Crippen LogP contribution in [0.15, 0.2) is 97.2 Å². The lowest BCUT2D eigenvalue weighted by atomic mass is 9.98. The second-order valence-electron chi connectivity index (χ2n) is 5.61. The van der Waals surface area contributed by atoms with Gasteiger partial charge in [-0.05, 0) is 29.2 Å². The minimum absolute atomic E-state index is 0.149. The molecular weight excluding hydrogens is 278 g/mol. The average Bonchev–Trinajstić information content (AvgIpc) is 2.64. The third-order valence-electron chi connectivity index (χ3n) is 3.96. The predicted octanol–water partition coefficient (Wildman–Crippen LogP) is 5.43. The van der Waals surface area contributed by atoms with Gasteiger partial charge in [0, 0.05) is 6.20 Å². The number of allylic oxidation sites excluding steroid dienone is 1. The van der Waals surface area contributed by atoms with E-state index in [0.717, 1.165) is 0 Å². The Kier molecular flexibility index (Phi) is 4.90. The van der Waals surface area contributed by atoms with E-state index in [1.807, 2.05) is 6.07 Å². The van der Waals surface area contributed by atoms with Crippen molar-refractivity contribution in [2.75, 3.05) is 0 Å². The first-order valence-corrected chi connectivity index (χ1v) is 7.93. The molecule has 0 amide bonds. The van der Waals surface area contributed by atoms with E-state index in [2.05, 4.69) is 103 Å². The first-order valence-electron chi connectivity index (χ1n) is 7.93. The first kappa shape index (κ1) is 15.1. The number of benzene rings is 3. The molecule has 0 aliphatic heterocycles. The Morgan fingerprint density at radius 2 is 1.13 bits per heavy atom. The molecule has 0 atom stereocenters. The highest BCUT2D eigenvalue weighted by atomic mass is 14.9. The van der Waals surface area contributed by atoms with Gasteiger partial charge in [0.15, 0.2) is 0 Å². The average molecular weight is 299 g/mol. The van der Waals surface area contributed by atoms with E-state index in [1.165, 1.54) is 22.3 Å². The van der Waals surface area contributed by atoms with E-state index in [-0.39, 0.29) is 6.04 Å². The summed E-state index contributed by atoms with van der Waals surface area (Å²) < 4.78 is 0. The topological polar surface area (TPSA) is 12.0 Å². The van der Waals surface area contributed by atoms with Crippen molar-refractivity contribution >= 4 is 5.57 Å². The van der Waals surface area contributed by atoms with Crippen molar-refractivity contribution < 1.29 is 0 Å². The maximum atomic E-state index is 3.59. The van der Waals surface area contributed by atoms with Gasteiger partial charge in [-0.1, -0.05) is 91.0 Å². The fourth-order valence-electron chi connectivity index (χ4n) is 2.67. The Bertz CT molecular complexity index is 706. The van der Waals surface area contributed by atoms with E-state index in [9.17, 15) is 0 Å². The van der Waals surface area contributed by atoms with Crippen LogP contribution in [0.3, 0.4) is 0 Å². The third-order valence-corrected chi connectivity index (χ3v) is 3.96. The maximum Gasteiger partial charge on any atom is 0.0762 e. The summed E-state index contributed by atoms with van der Waals surface area (Å²) in [6.45, 7) is 2.13. The summed E-state index contributed by atoms with van der Waals surface area (Å²) in [6, 6.07) is 31.7. The molecule has 3 aromatic rings. The number of hydrogen-bond acceptors (Lipinski definition) is 1. The summed E-state index contributed by atoms with van der Waals surface area (Å²) in [5.74, 6) is 0. The lowest BCUT2D eigenvalue weighted by Crippen LogP contribution is -2.17. The Balaban J connectivity index is 1.88. The van der Waals surface area contributed by atoms with Crippen molar-refractivity contribution in [1.82, 2.24) is 5.32 Å². The Morgan fingerprint density at radius 1 is 0.696 bits per heavy atom. The molecule has 0 aliphatic rings. The van der Waals surface area contributed by atoms with Gasteiger partial charge in [-0.15, -0.1) is 0 Å². The number of nitrogens with one attached hydrogen (secondary N) is 1. The molecule has 0 aromatic heterocycles. The van der Waals surface area contributed by atoms with Gasteiger partial charge in [0.05, 0.1) is 6.04 Å². The molecule has 0 radical (unpaired) electrons. The normalized spacial score (nSPS) is 11.5. The highest BCUT2D eigenvalue weighted by Crippen LogP contribution is 2.22. The minimum atomic E-state index is 0.149. The van der Waals surface area contributed by atoms with Crippen LogP contribution in [0.2, 0.25) is 0 Å². The smallest absolute Gasteiger partial charge is 0.0762 e. The second-order valence-corrected chi connectivity index (χ2v) is 5.61. The van der Waals surface area contributed by atoms with Crippen LogP contribution in [-0.2, 0) is 0 Å². The Hall–Kier alpha value is -2.80. The summed E-state index contributed by atoms with van der Waals surface area (Å²) in [6.07, 6.45) is 2.11. The summed E-state index contributed by atoms with van der Waals surface area (Å²) >= 11 is 0. The van der Waals surface area contributed by atoms with Crippen molar-refractivity contribution in [3.63, 3.8) is 0 Å². The van der Waals surface area contributed by atoms with Crippen LogP contribution < -0.4 is 5.32 Å².